The number of nitrogens with zero attached hydrogens (tertiary/aromatic N) is 2. The monoisotopic (exact) mass is 605 g/mol. The van der Waals surface area contributed by atoms with E-state index in [-0.39, 0.29) is 20.1 Å². The molecule has 3 heterocycles. The number of aromatic nitrogens is 2. The van der Waals surface area contributed by atoms with Crippen LogP contribution in [0.2, 0.25) is 0 Å². The molecule has 0 amide bonds. The Labute approximate surface area is 207 Å². The van der Waals surface area contributed by atoms with E-state index in [0.29, 0.717) is 0 Å². The number of fused-ring (bicyclic) bond motifs is 5. The fourth-order valence-electron chi connectivity index (χ4n) is 3.64. The summed E-state index contributed by atoms with van der Waals surface area (Å²) in [6.45, 7) is 2.05. The van der Waals surface area contributed by atoms with Crippen molar-refractivity contribution in [2.24, 2.45) is 0 Å². The normalized spacial score (nSPS) is 10.6. The van der Waals surface area contributed by atoms with Gasteiger partial charge in [-0.15, -0.1) is 60.2 Å². The maximum absolute atomic E-state index is 6.05. The molecule has 0 fully saturated rings. The number of pyridine rings is 2. The van der Waals surface area contributed by atoms with Gasteiger partial charge in [0.25, 0.3) is 0 Å². The van der Waals surface area contributed by atoms with Gasteiger partial charge in [0.05, 0.1) is 0 Å². The maximum atomic E-state index is 6.05. The second kappa shape index (κ2) is 10.4. The van der Waals surface area contributed by atoms with Crippen molar-refractivity contribution in [3.05, 3.63) is 121 Å². The molecule has 3 aromatic carbocycles. The Kier molecular flexibility index (Phi) is 7.09. The molecule has 2 aromatic heterocycles. The number of aryl methyl sites for hydroxylation is 1. The molecule has 5 aromatic rings. The van der Waals surface area contributed by atoms with Crippen LogP contribution in [0.5, 0.6) is 11.5 Å². The van der Waals surface area contributed by atoms with Crippen LogP contribution in [0.3, 0.4) is 0 Å². The summed E-state index contributed by atoms with van der Waals surface area (Å²) in [5.41, 5.74) is 7.16. The smallest absolute Gasteiger partial charge is 0.121 e. The molecule has 1 radical (unpaired) electrons. The van der Waals surface area contributed by atoms with Crippen LogP contribution in [-0.2, 0) is 20.1 Å². The molecular formula is C29H20IrN2O-2. The zero-order valence-electron chi connectivity index (χ0n) is 18.0. The van der Waals surface area contributed by atoms with Crippen molar-refractivity contribution >= 4 is 0 Å². The predicted octanol–water partition coefficient (Wildman–Crippen LogP) is 7.18. The average molecular weight is 605 g/mol. The fraction of sp³-hybridized carbons (Fsp3) is 0.0345. The summed E-state index contributed by atoms with van der Waals surface area (Å²) >= 11 is 0. The van der Waals surface area contributed by atoms with Crippen molar-refractivity contribution in [3.63, 3.8) is 0 Å². The van der Waals surface area contributed by atoms with E-state index < -0.39 is 0 Å². The molecule has 3 nitrogen and oxygen atoms in total. The van der Waals surface area contributed by atoms with Gasteiger partial charge >= 0.3 is 0 Å². The zero-order valence-corrected chi connectivity index (χ0v) is 20.3. The molecule has 0 saturated heterocycles. The minimum absolute atomic E-state index is 0. The molecule has 0 aliphatic carbocycles. The van der Waals surface area contributed by atoms with Gasteiger partial charge in [-0.1, -0.05) is 42.0 Å². The molecule has 0 bridgehead atoms. The largest absolute Gasteiger partial charge is 0.501 e. The van der Waals surface area contributed by atoms with E-state index in [4.69, 9.17) is 4.74 Å². The molecule has 4 heteroatoms. The molecule has 6 rings (SSSR count). The van der Waals surface area contributed by atoms with Crippen molar-refractivity contribution in [1.29, 1.82) is 0 Å². The van der Waals surface area contributed by atoms with Crippen LogP contribution in [0.25, 0.3) is 33.6 Å². The van der Waals surface area contributed by atoms with Gasteiger partial charge in [-0.2, -0.15) is 0 Å². The molecule has 0 unspecified atom stereocenters. The first kappa shape index (κ1) is 22.6. The number of hydrogen-bond acceptors (Lipinski definition) is 3. The second-order valence-corrected chi connectivity index (χ2v) is 7.41. The van der Waals surface area contributed by atoms with Gasteiger partial charge in [0.1, 0.15) is 5.75 Å². The first-order valence-corrected chi connectivity index (χ1v) is 10.4. The van der Waals surface area contributed by atoms with Crippen LogP contribution in [0.1, 0.15) is 5.56 Å². The Morgan fingerprint density at radius 3 is 2.33 bits per heavy atom. The fourth-order valence-corrected chi connectivity index (χ4v) is 3.64. The molecular weight excluding hydrogens is 585 g/mol. The summed E-state index contributed by atoms with van der Waals surface area (Å²) in [6.07, 6.45) is 3.67. The predicted molar refractivity (Wildman–Crippen MR) is 127 cm³/mol. The summed E-state index contributed by atoms with van der Waals surface area (Å²) in [4.78, 5) is 8.83. The number of hydrogen-bond donors (Lipinski definition) is 0. The van der Waals surface area contributed by atoms with Crippen molar-refractivity contribution in [2.75, 3.05) is 0 Å². The zero-order chi connectivity index (χ0) is 21.8. The van der Waals surface area contributed by atoms with Crippen LogP contribution in [0.4, 0.5) is 0 Å². The topological polar surface area (TPSA) is 35.0 Å². The quantitative estimate of drug-likeness (QED) is 0.187. The minimum atomic E-state index is 0. The third-order valence-corrected chi connectivity index (χ3v) is 5.13. The Morgan fingerprint density at radius 1 is 0.727 bits per heavy atom. The van der Waals surface area contributed by atoms with Gasteiger partial charge in [-0.05, 0) is 41.6 Å². The van der Waals surface area contributed by atoms with Gasteiger partial charge in [0, 0.05) is 43.8 Å². The van der Waals surface area contributed by atoms with Crippen LogP contribution in [0.15, 0.2) is 103 Å². The van der Waals surface area contributed by atoms with Gasteiger partial charge < -0.3 is 14.7 Å². The van der Waals surface area contributed by atoms with Crippen LogP contribution in [-0.4, -0.2) is 9.97 Å². The van der Waals surface area contributed by atoms with E-state index in [1.165, 1.54) is 0 Å². The second-order valence-electron chi connectivity index (χ2n) is 7.41. The SMILES string of the molecule is Cc1cnc2c(c1)-c1ccccc1Oc1ccc[c-]c1-2.[Ir].[c-]1ccccc1-c1ccccn1. The average Bonchev–Trinajstić information content (AvgIpc) is 3.00. The van der Waals surface area contributed by atoms with Gasteiger partial charge in [0.15, 0.2) is 0 Å². The molecule has 0 spiro atoms. The summed E-state index contributed by atoms with van der Waals surface area (Å²) in [6, 6.07) is 36.1. The van der Waals surface area contributed by atoms with E-state index in [0.717, 1.165) is 50.7 Å². The van der Waals surface area contributed by atoms with Crippen molar-refractivity contribution in [3.8, 4) is 45.1 Å². The molecule has 163 valence electrons. The molecule has 1 aliphatic heterocycles. The van der Waals surface area contributed by atoms with Crippen molar-refractivity contribution in [2.45, 2.75) is 6.92 Å². The minimum Gasteiger partial charge on any atom is -0.501 e. The number of ether oxygens (including phenoxy) is 1. The van der Waals surface area contributed by atoms with Crippen molar-refractivity contribution < 1.29 is 24.8 Å². The van der Waals surface area contributed by atoms with E-state index in [2.05, 4.69) is 41.2 Å². The Morgan fingerprint density at radius 2 is 1.52 bits per heavy atom. The first-order valence-electron chi connectivity index (χ1n) is 10.4. The summed E-state index contributed by atoms with van der Waals surface area (Å²) < 4.78 is 6.05. The summed E-state index contributed by atoms with van der Waals surface area (Å²) in [7, 11) is 0. The number of rotatable bonds is 1. The third kappa shape index (κ3) is 4.93. The van der Waals surface area contributed by atoms with Crippen molar-refractivity contribution in [1.82, 2.24) is 9.97 Å². The number of para-hydroxylation sites is 1. The Balaban J connectivity index is 0.000000172. The summed E-state index contributed by atoms with van der Waals surface area (Å²) in [5.74, 6) is 1.66. The van der Waals surface area contributed by atoms with Crippen LogP contribution < -0.4 is 4.74 Å². The molecule has 0 N–H and O–H groups in total. The molecule has 33 heavy (non-hydrogen) atoms. The van der Waals surface area contributed by atoms with Gasteiger partial charge in [0.2, 0.25) is 0 Å². The van der Waals surface area contributed by atoms with E-state index >= 15 is 0 Å². The standard InChI is InChI=1S/C18H12NO.C11H8N.Ir/c1-12-10-15-13-6-2-4-8-16(13)20-17-9-5-3-7-14(17)18(15)19-11-12;1-2-6-10(7-3-1)11-8-4-5-9-12-11;/h2-6,8-11H,1H3;1-6,8-9H;/q2*-1;. The van der Waals surface area contributed by atoms with Crippen LogP contribution >= 0.6 is 0 Å². The molecule has 0 atom stereocenters. The van der Waals surface area contributed by atoms with Crippen LogP contribution in [0, 0.1) is 19.1 Å². The third-order valence-electron chi connectivity index (χ3n) is 5.13. The van der Waals surface area contributed by atoms with E-state index in [1.54, 1.807) is 6.20 Å². The van der Waals surface area contributed by atoms with Gasteiger partial charge in [-0.3, -0.25) is 0 Å². The Hall–Kier alpha value is -3.59. The Bertz CT molecular complexity index is 1320. The molecule has 1 aliphatic rings. The molecule has 0 saturated carbocycles. The first-order chi connectivity index (χ1) is 15.8. The van der Waals surface area contributed by atoms with E-state index in [9.17, 15) is 0 Å². The van der Waals surface area contributed by atoms with E-state index in [1.807, 2.05) is 85.1 Å². The summed E-state index contributed by atoms with van der Waals surface area (Å²) in [5, 5.41) is 0. The van der Waals surface area contributed by atoms with Gasteiger partial charge in [-0.25, -0.2) is 0 Å². The number of benzene rings is 3. The maximum Gasteiger partial charge on any atom is 0.121 e.